The number of ether oxygens (including phenoxy) is 1. The molecule has 3 aromatic heterocycles. The van der Waals surface area contributed by atoms with Crippen LogP contribution in [-0.2, 0) is 0 Å². The SMILES string of the molecule is Nc1nc(N2CCN3CC(COc4cccc(F)c4)CCC3C2)cc2nc(-c3ccco3)nn12. The van der Waals surface area contributed by atoms with Crippen LogP contribution in [0.25, 0.3) is 17.2 Å². The third kappa shape index (κ3) is 4.05. The summed E-state index contributed by atoms with van der Waals surface area (Å²) < 4.78 is 26.2. The van der Waals surface area contributed by atoms with E-state index in [4.69, 9.17) is 14.9 Å². The lowest BCUT2D eigenvalue weighted by molar-refractivity contribution is 0.0727. The third-order valence-corrected chi connectivity index (χ3v) is 6.69. The number of furan rings is 1. The number of piperazine rings is 1. The molecule has 5 heterocycles. The molecule has 2 N–H and O–H groups in total. The standard InChI is InChI=1S/C24H26FN7O2/c25-17-3-1-4-19(11-17)34-15-16-6-7-18-14-31(9-8-30(18)13-16)21-12-22-27-23(20-5-2-10-33-20)29-32(22)24(26)28-21/h1-5,10-12,16,18H,6-9,13-15H2,(H2,26,28). The Kier molecular flexibility index (Phi) is 5.29. The Bertz CT molecular complexity index is 1290. The Morgan fingerprint density at radius 1 is 1.09 bits per heavy atom. The van der Waals surface area contributed by atoms with Gasteiger partial charge in [0.1, 0.15) is 17.4 Å². The van der Waals surface area contributed by atoms with Gasteiger partial charge in [-0.05, 0) is 37.1 Å². The second-order valence-corrected chi connectivity index (χ2v) is 8.96. The number of rotatable bonds is 5. The summed E-state index contributed by atoms with van der Waals surface area (Å²) in [7, 11) is 0. The zero-order chi connectivity index (χ0) is 23.1. The van der Waals surface area contributed by atoms with Crippen molar-refractivity contribution < 1.29 is 13.5 Å². The maximum absolute atomic E-state index is 13.4. The number of nitrogens with zero attached hydrogens (tertiary/aromatic N) is 6. The molecule has 2 aliphatic heterocycles. The van der Waals surface area contributed by atoms with E-state index in [0.29, 0.717) is 47.5 Å². The zero-order valence-corrected chi connectivity index (χ0v) is 18.7. The Morgan fingerprint density at radius 3 is 2.88 bits per heavy atom. The van der Waals surface area contributed by atoms with Crippen molar-refractivity contribution in [3.8, 4) is 17.3 Å². The maximum atomic E-state index is 13.4. The van der Waals surface area contributed by atoms with E-state index in [1.165, 1.54) is 12.1 Å². The number of piperidine rings is 1. The topological polar surface area (TPSA) is 98.0 Å². The number of fused-ring (bicyclic) bond motifs is 2. The fraction of sp³-hybridized carbons (Fsp3) is 0.375. The van der Waals surface area contributed by atoms with Crippen LogP contribution in [-0.4, -0.2) is 63.3 Å². The molecule has 0 aliphatic carbocycles. The van der Waals surface area contributed by atoms with E-state index in [-0.39, 0.29) is 5.82 Å². The van der Waals surface area contributed by atoms with E-state index < -0.39 is 0 Å². The lowest BCUT2D eigenvalue weighted by Gasteiger charge is -2.46. The summed E-state index contributed by atoms with van der Waals surface area (Å²) in [6, 6.07) is 12.4. The van der Waals surface area contributed by atoms with Gasteiger partial charge in [0.25, 0.3) is 0 Å². The molecule has 10 heteroatoms. The predicted molar refractivity (Wildman–Crippen MR) is 125 cm³/mol. The van der Waals surface area contributed by atoms with E-state index in [1.807, 2.05) is 12.1 Å². The highest BCUT2D eigenvalue weighted by Crippen LogP contribution is 2.29. The first-order chi connectivity index (χ1) is 16.6. The van der Waals surface area contributed by atoms with Gasteiger partial charge in [-0.2, -0.15) is 9.50 Å². The van der Waals surface area contributed by atoms with Crippen LogP contribution in [0, 0.1) is 11.7 Å². The average molecular weight is 464 g/mol. The number of halogens is 1. The molecule has 2 unspecified atom stereocenters. The maximum Gasteiger partial charge on any atom is 0.225 e. The van der Waals surface area contributed by atoms with E-state index in [1.54, 1.807) is 29.0 Å². The summed E-state index contributed by atoms with van der Waals surface area (Å²) in [6.07, 6.45) is 3.75. The smallest absolute Gasteiger partial charge is 0.225 e. The molecule has 0 bridgehead atoms. The lowest BCUT2D eigenvalue weighted by Crippen LogP contribution is -2.57. The van der Waals surface area contributed by atoms with Crippen LogP contribution in [0.5, 0.6) is 5.75 Å². The molecule has 2 saturated heterocycles. The minimum absolute atomic E-state index is 0.270. The van der Waals surface area contributed by atoms with Gasteiger partial charge < -0.3 is 19.8 Å². The summed E-state index contributed by atoms with van der Waals surface area (Å²) in [5.74, 6) is 2.96. The number of aromatic nitrogens is 4. The molecule has 0 amide bonds. The second kappa shape index (κ2) is 8.60. The first kappa shape index (κ1) is 20.9. The van der Waals surface area contributed by atoms with Crippen molar-refractivity contribution in [2.24, 2.45) is 5.92 Å². The molecule has 6 rings (SSSR count). The van der Waals surface area contributed by atoms with E-state index >= 15 is 0 Å². The molecule has 176 valence electrons. The molecule has 0 saturated carbocycles. The highest BCUT2D eigenvalue weighted by molar-refractivity contribution is 5.59. The molecule has 1 aromatic carbocycles. The largest absolute Gasteiger partial charge is 0.493 e. The first-order valence-electron chi connectivity index (χ1n) is 11.6. The third-order valence-electron chi connectivity index (χ3n) is 6.69. The van der Waals surface area contributed by atoms with Crippen LogP contribution in [0.4, 0.5) is 16.2 Å². The van der Waals surface area contributed by atoms with Gasteiger partial charge in [0, 0.05) is 50.3 Å². The van der Waals surface area contributed by atoms with Crippen molar-refractivity contribution in [3.63, 3.8) is 0 Å². The van der Waals surface area contributed by atoms with Gasteiger partial charge in [-0.15, -0.1) is 5.10 Å². The van der Waals surface area contributed by atoms with Gasteiger partial charge in [-0.25, -0.2) is 9.37 Å². The molecule has 34 heavy (non-hydrogen) atoms. The molecular formula is C24H26FN7O2. The normalized spacial score (nSPS) is 21.0. The summed E-state index contributed by atoms with van der Waals surface area (Å²) in [5.41, 5.74) is 6.86. The molecule has 0 spiro atoms. The number of hydrogen-bond donors (Lipinski definition) is 1. The molecule has 2 atom stereocenters. The van der Waals surface area contributed by atoms with Gasteiger partial charge in [0.2, 0.25) is 11.8 Å². The van der Waals surface area contributed by atoms with Gasteiger partial charge in [0.05, 0.1) is 12.9 Å². The van der Waals surface area contributed by atoms with E-state index in [2.05, 4.69) is 24.9 Å². The van der Waals surface area contributed by atoms with Crippen LogP contribution in [0.15, 0.2) is 53.1 Å². The summed E-state index contributed by atoms with van der Waals surface area (Å²) in [5, 5.41) is 4.42. The molecule has 2 aliphatic rings. The quantitative estimate of drug-likeness (QED) is 0.482. The van der Waals surface area contributed by atoms with E-state index in [0.717, 1.165) is 44.8 Å². The van der Waals surface area contributed by atoms with Crippen molar-refractivity contribution >= 4 is 17.4 Å². The Labute approximate surface area is 195 Å². The van der Waals surface area contributed by atoms with Crippen molar-refractivity contribution in [2.45, 2.75) is 18.9 Å². The number of nitrogens with two attached hydrogens (primary N) is 1. The van der Waals surface area contributed by atoms with Gasteiger partial charge in [-0.1, -0.05) is 6.07 Å². The first-order valence-corrected chi connectivity index (χ1v) is 11.6. The van der Waals surface area contributed by atoms with Gasteiger partial charge >= 0.3 is 0 Å². The highest BCUT2D eigenvalue weighted by atomic mass is 19.1. The monoisotopic (exact) mass is 463 g/mol. The number of nitrogen functional groups attached to an aromatic ring is 1. The number of anilines is 2. The van der Waals surface area contributed by atoms with Gasteiger partial charge in [0.15, 0.2) is 11.4 Å². The van der Waals surface area contributed by atoms with Crippen LogP contribution >= 0.6 is 0 Å². The second-order valence-electron chi connectivity index (χ2n) is 8.96. The average Bonchev–Trinajstić information content (AvgIpc) is 3.53. The molecule has 2 fully saturated rings. The van der Waals surface area contributed by atoms with Crippen molar-refractivity contribution in [3.05, 3.63) is 54.5 Å². The van der Waals surface area contributed by atoms with Crippen molar-refractivity contribution in [1.29, 1.82) is 0 Å². The van der Waals surface area contributed by atoms with Crippen LogP contribution in [0.2, 0.25) is 0 Å². The summed E-state index contributed by atoms with van der Waals surface area (Å²) in [4.78, 5) is 14.0. The summed E-state index contributed by atoms with van der Waals surface area (Å²) in [6.45, 7) is 4.28. The Balaban J connectivity index is 1.11. The summed E-state index contributed by atoms with van der Waals surface area (Å²) >= 11 is 0. The Morgan fingerprint density at radius 2 is 2.03 bits per heavy atom. The zero-order valence-electron chi connectivity index (χ0n) is 18.7. The highest BCUT2D eigenvalue weighted by Gasteiger charge is 2.34. The number of hydrogen-bond acceptors (Lipinski definition) is 8. The lowest BCUT2D eigenvalue weighted by atomic mass is 9.91. The molecule has 4 aromatic rings. The van der Waals surface area contributed by atoms with Crippen LogP contribution < -0.4 is 15.4 Å². The predicted octanol–water partition coefficient (Wildman–Crippen LogP) is 3.09. The number of benzene rings is 1. The fourth-order valence-corrected chi connectivity index (χ4v) is 4.94. The fourth-order valence-electron chi connectivity index (χ4n) is 4.94. The van der Waals surface area contributed by atoms with E-state index in [9.17, 15) is 4.39 Å². The van der Waals surface area contributed by atoms with Crippen molar-refractivity contribution in [1.82, 2.24) is 24.5 Å². The van der Waals surface area contributed by atoms with Crippen LogP contribution in [0.3, 0.4) is 0 Å². The minimum atomic E-state index is -0.270. The molecule has 9 nitrogen and oxygen atoms in total. The van der Waals surface area contributed by atoms with Crippen LogP contribution in [0.1, 0.15) is 12.8 Å². The Hall–Kier alpha value is -3.66. The van der Waals surface area contributed by atoms with Gasteiger partial charge in [-0.3, -0.25) is 4.90 Å². The molecule has 0 radical (unpaired) electrons. The van der Waals surface area contributed by atoms with Crippen molar-refractivity contribution in [2.75, 3.05) is 43.4 Å². The minimum Gasteiger partial charge on any atom is -0.493 e. The molecular weight excluding hydrogens is 437 g/mol.